The summed E-state index contributed by atoms with van der Waals surface area (Å²) in [6.45, 7) is 0.316. The lowest BCUT2D eigenvalue weighted by Gasteiger charge is -2.24. The molecule has 42 heavy (non-hydrogen) atoms. The van der Waals surface area contributed by atoms with Crippen molar-refractivity contribution in [1.29, 1.82) is 0 Å². The number of phosphoric ester groups is 1. The maximum atomic E-state index is 12.9. The molecule has 0 heterocycles. The van der Waals surface area contributed by atoms with Crippen molar-refractivity contribution in [3.05, 3.63) is 12.2 Å². The van der Waals surface area contributed by atoms with E-state index in [1.165, 1.54) is 0 Å². The first-order valence-electron chi connectivity index (χ1n) is 15.4. The van der Waals surface area contributed by atoms with Crippen LogP contribution in [-0.4, -0.2) is 64.9 Å². The smallest absolute Gasteiger partial charge is 0.469 e. The third-order valence-electron chi connectivity index (χ3n) is 7.31. The fraction of sp³-hybridized carbons (Fsp3) is 0.793. The minimum Gasteiger partial charge on any atom is -0.859 e. The van der Waals surface area contributed by atoms with Gasteiger partial charge in [0, 0.05) is 13.0 Å². The molecule has 0 spiro atoms. The molecule has 0 aromatic carbocycles. The molecule has 13 heteroatoms. The minimum atomic E-state index is -4.40. The Bertz CT molecular complexity index is 937. The summed E-state index contributed by atoms with van der Waals surface area (Å²) in [6, 6.07) is -1.15. The summed E-state index contributed by atoms with van der Waals surface area (Å²) in [6.07, 6.45) is 15.7. The van der Waals surface area contributed by atoms with Gasteiger partial charge in [0.1, 0.15) is 18.2 Å². The SMILES string of the molecule is O=C(CCC(N=C([O-])/C=C/C([O-])=NCCCCCCCCOP(=O)(O)O)C(=O)OC1CCCCC1)OC1CCCCC1. The summed E-state index contributed by atoms with van der Waals surface area (Å²) < 4.78 is 26.1. The molecular weight excluding hydrogens is 567 g/mol. The third kappa shape index (κ3) is 17.6. The van der Waals surface area contributed by atoms with E-state index in [0.717, 1.165) is 102 Å². The van der Waals surface area contributed by atoms with E-state index >= 15 is 0 Å². The molecule has 1 unspecified atom stereocenters. The number of unbranched alkanes of at least 4 members (excludes halogenated alkanes) is 5. The topological polar surface area (TPSA) is 190 Å². The van der Waals surface area contributed by atoms with Gasteiger partial charge in [-0.2, -0.15) is 0 Å². The molecule has 0 bridgehead atoms. The van der Waals surface area contributed by atoms with Crippen LogP contribution >= 0.6 is 7.82 Å². The highest BCUT2D eigenvalue weighted by Gasteiger charge is 2.26. The highest BCUT2D eigenvalue weighted by Crippen LogP contribution is 2.35. The van der Waals surface area contributed by atoms with Crippen LogP contribution in [0.4, 0.5) is 0 Å². The lowest BCUT2D eigenvalue weighted by molar-refractivity contribution is -0.215. The molecule has 0 aromatic rings. The Labute approximate surface area is 248 Å². The second kappa shape index (κ2) is 20.6. The number of phosphoric acid groups is 1. The first kappa shape index (κ1) is 35.9. The molecule has 2 N–H and O–H groups in total. The Hall–Kier alpha value is -2.27. The van der Waals surface area contributed by atoms with Crippen LogP contribution < -0.4 is 10.2 Å². The predicted molar refractivity (Wildman–Crippen MR) is 154 cm³/mol. The average molecular weight is 615 g/mol. The fourth-order valence-corrected chi connectivity index (χ4v) is 5.40. The number of carbonyl (C=O) groups is 2. The monoisotopic (exact) mass is 614 g/mol. The van der Waals surface area contributed by atoms with E-state index in [0.29, 0.717) is 19.4 Å². The maximum absolute atomic E-state index is 12.9. The highest BCUT2D eigenvalue weighted by atomic mass is 31.2. The molecule has 2 fully saturated rings. The van der Waals surface area contributed by atoms with Gasteiger partial charge in [0.15, 0.2) is 0 Å². The van der Waals surface area contributed by atoms with E-state index in [2.05, 4.69) is 14.5 Å². The Morgan fingerprint density at radius 3 is 1.98 bits per heavy atom. The van der Waals surface area contributed by atoms with Gasteiger partial charge in [-0.3, -0.25) is 14.3 Å². The Balaban J connectivity index is 1.78. The van der Waals surface area contributed by atoms with Gasteiger partial charge < -0.3 is 34.5 Å². The molecule has 12 nitrogen and oxygen atoms in total. The van der Waals surface area contributed by atoms with Crippen molar-refractivity contribution in [1.82, 2.24) is 0 Å². The average Bonchev–Trinajstić information content (AvgIpc) is 2.95. The van der Waals surface area contributed by atoms with Gasteiger partial charge in [-0.25, -0.2) is 9.36 Å². The Morgan fingerprint density at radius 1 is 0.810 bits per heavy atom. The van der Waals surface area contributed by atoms with E-state index in [1.54, 1.807) is 0 Å². The van der Waals surface area contributed by atoms with Crippen molar-refractivity contribution in [2.45, 2.75) is 134 Å². The van der Waals surface area contributed by atoms with E-state index in [-0.39, 0.29) is 31.7 Å². The van der Waals surface area contributed by atoms with Crippen LogP contribution in [0, 0.1) is 0 Å². The second-order valence-electron chi connectivity index (χ2n) is 11.0. The molecule has 0 radical (unpaired) electrons. The van der Waals surface area contributed by atoms with Crippen molar-refractivity contribution in [3.8, 4) is 0 Å². The standard InChI is InChI=1S/C29H49N2O10P/c32-26(30-21-11-3-1-2-4-12-22-39-42(36,37)38)18-19-27(33)31-25(29(35)41-24-15-9-6-10-16-24)17-20-28(34)40-23-13-7-5-8-14-23/h18-19,23-25H,1-17,20-22H2,(H,30,32)(H,31,33)(H2,36,37,38)/p-2/b19-18+. The third-order valence-corrected chi connectivity index (χ3v) is 7.83. The van der Waals surface area contributed by atoms with Crippen molar-refractivity contribution in [3.63, 3.8) is 0 Å². The van der Waals surface area contributed by atoms with Crippen LogP contribution in [-0.2, 0) is 28.2 Å². The Kier molecular flexibility index (Phi) is 17.6. The first-order valence-corrected chi connectivity index (χ1v) is 16.9. The van der Waals surface area contributed by atoms with Gasteiger partial charge in [0.25, 0.3) is 0 Å². The van der Waals surface area contributed by atoms with Crippen molar-refractivity contribution < 1.29 is 48.2 Å². The summed E-state index contributed by atoms with van der Waals surface area (Å²) >= 11 is 0. The van der Waals surface area contributed by atoms with Crippen LogP contribution in [0.1, 0.15) is 116 Å². The van der Waals surface area contributed by atoms with Crippen LogP contribution in [0.5, 0.6) is 0 Å². The van der Waals surface area contributed by atoms with Crippen LogP contribution in [0.15, 0.2) is 22.1 Å². The van der Waals surface area contributed by atoms with Gasteiger partial charge in [-0.1, -0.05) is 50.7 Å². The summed E-state index contributed by atoms with van der Waals surface area (Å²) in [7, 11) is -4.40. The quantitative estimate of drug-likeness (QED) is 0.0717. The summed E-state index contributed by atoms with van der Waals surface area (Å²) in [5, 5.41) is 24.5. The molecule has 2 saturated carbocycles. The van der Waals surface area contributed by atoms with Gasteiger partial charge in [-0.05, 0) is 82.4 Å². The van der Waals surface area contributed by atoms with E-state index in [1.807, 2.05) is 0 Å². The second-order valence-corrected chi connectivity index (χ2v) is 12.2. The zero-order valence-electron chi connectivity index (χ0n) is 24.5. The predicted octanol–water partition coefficient (Wildman–Crippen LogP) is 3.41. The molecule has 0 aliphatic heterocycles. The molecule has 0 amide bonds. The maximum Gasteiger partial charge on any atom is 0.469 e. The number of carbonyl (C=O) groups excluding carboxylic acids is 2. The van der Waals surface area contributed by atoms with E-state index < -0.39 is 37.6 Å². The van der Waals surface area contributed by atoms with Crippen molar-refractivity contribution in [2.24, 2.45) is 9.98 Å². The van der Waals surface area contributed by atoms with E-state index in [9.17, 15) is 24.4 Å². The summed E-state index contributed by atoms with van der Waals surface area (Å²) in [4.78, 5) is 50.3. The fourth-order valence-electron chi connectivity index (χ4n) is 5.03. The van der Waals surface area contributed by atoms with Crippen molar-refractivity contribution in [2.75, 3.05) is 13.2 Å². The molecular formula is C29H47N2O10P-2. The normalized spacial score (nSPS) is 18.7. The summed E-state index contributed by atoms with van der Waals surface area (Å²) in [5.41, 5.74) is 0. The molecule has 0 saturated heterocycles. The highest BCUT2D eigenvalue weighted by molar-refractivity contribution is 7.46. The lowest BCUT2D eigenvalue weighted by atomic mass is 9.97. The number of hydrogen-bond acceptors (Lipinski definition) is 10. The van der Waals surface area contributed by atoms with Crippen molar-refractivity contribution >= 4 is 31.6 Å². The van der Waals surface area contributed by atoms with Crippen LogP contribution in [0.2, 0.25) is 0 Å². The van der Waals surface area contributed by atoms with E-state index in [4.69, 9.17) is 19.3 Å². The number of esters is 2. The first-order chi connectivity index (χ1) is 20.1. The van der Waals surface area contributed by atoms with Gasteiger partial charge in [0.05, 0.1) is 6.61 Å². The number of nitrogens with zero attached hydrogens (tertiary/aromatic N) is 2. The number of rotatable bonds is 19. The number of ether oxygens (including phenoxy) is 2. The molecule has 240 valence electrons. The molecule has 0 aromatic heterocycles. The summed E-state index contributed by atoms with van der Waals surface area (Å²) in [5.74, 6) is -2.41. The molecule has 2 aliphatic rings. The minimum absolute atomic E-state index is 0.00823. The molecule has 2 rings (SSSR count). The zero-order chi connectivity index (χ0) is 30.6. The van der Waals surface area contributed by atoms with Gasteiger partial charge >= 0.3 is 19.8 Å². The largest absolute Gasteiger partial charge is 0.859 e. The Morgan fingerprint density at radius 2 is 1.36 bits per heavy atom. The zero-order valence-corrected chi connectivity index (χ0v) is 25.4. The van der Waals surface area contributed by atoms with Gasteiger partial charge in [-0.15, -0.1) is 0 Å². The van der Waals surface area contributed by atoms with Crippen LogP contribution in [0.3, 0.4) is 0 Å². The van der Waals surface area contributed by atoms with Gasteiger partial charge in [0.2, 0.25) is 0 Å². The number of aliphatic imine (C=N–C) groups is 2. The lowest BCUT2D eigenvalue weighted by Crippen LogP contribution is -2.31. The molecule has 1 atom stereocenters. The molecule has 2 aliphatic carbocycles. The number of hydrogen-bond donors (Lipinski definition) is 2. The van der Waals surface area contributed by atoms with Crippen LogP contribution in [0.25, 0.3) is 0 Å².